The first-order chi connectivity index (χ1) is 14.3. The number of thiophene rings is 1. The van der Waals surface area contributed by atoms with Crippen molar-refractivity contribution in [3.05, 3.63) is 16.0 Å². The number of amides is 4. The molecule has 8 nitrogen and oxygen atoms in total. The standard InChI is InChI=1S/C21H27N3O5S/c1-3-29-18(26)16-13-7-6-12(2)10-14(13)30-17(16)22-15(25)11-24-19(27)21(23-20(24)28)8-4-5-9-21/h12H,3-11H2,1-2H3,(H,22,25)(H,23,28)/t12-/m1/s1. The summed E-state index contributed by atoms with van der Waals surface area (Å²) >= 11 is 1.39. The maximum atomic E-state index is 12.8. The topological polar surface area (TPSA) is 105 Å². The minimum Gasteiger partial charge on any atom is -0.462 e. The molecule has 0 unspecified atom stereocenters. The molecule has 2 N–H and O–H groups in total. The van der Waals surface area contributed by atoms with Crippen LogP contribution < -0.4 is 10.6 Å². The summed E-state index contributed by atoms with van der Waals surface area (Å²) in [5.41, 5.74) is 0.527. The molecule has 162 valence electrons. The second kappa shape index (κ2) is 8.02. The Morgan fingerprint density at radius 3 is 2.73 bits per heavy atom. The summed E-state index contributed by atoms with van der Waals surface area (Å²) < 4.78 is 5.22. The van der Waals surface area contributed by atoms with Gasteiger partial charge in [0.2, 0.25) is 5.91 Å². The number of carbonyl (C=O) groups is 4. The van der Waals surface area contributed by atoms with Crippen LogP contribution in [0.15, 0.2) is 0 Å². The molecule has 1 aliphatic heterocycles. The first kappa shape index (κ1) is 20.8. The predicted octanol–water partition coefficient (Wildman–Crippen LogP) is 2.85. The number of nitrogens with one attached hydrogen (secondary N) is 2. The molecule has 1 atom stereocenters. The summed E-state index contributed by atoms with van der Waals surface area (Å²) in [6.07, 6.45) is 5.59. The van der Waals surface area contributed by atoms with Gasteiger partial charge in [-0.2, -0.15) is 0 Å². The lowest BCUT2D eigenvalue weighted by Gasteiger charge is -2.19. The zero-order valence-corrected chi connectivity index (χ0v) is 18.2. The van der Waals surface area contributed by atoms with Gasteiger partial charge >= 0.3 is 12.0 Å². The highest BCUT2D eigenvalue weighted by molar-refractivity contribution is 7.17. The quantitative estimate of drug-likeness (QED) is 0.549. The fourth-order valence-electron chi connectivity index (χ4n) is 4.71. The Bertz CT molecular complexity index is 903. The average molecular weight is 434 g/mol. The zero-order valence-electron chi connectivity index (χ0n) is 17.3. The summed E-state index contributed by atoms with van der Waals surface area (Å²) in [6, 6.07) is -0.526. The van der Waals surface area contributed by atoms with Crippen LogP contribution in [-0.4, -0.2) is 47.4 Å². The molecule has 1 aromatic rings. The number of hydrogen-bond donors (Lipinski definition) is 2. The fraction of sp³-hybridized carbons (Fsp3) is 0.619. The molecule has 0 bridgehead atoms. The zero-order chi connectivity index (χ0) is 21.5. The molecule has 4 amide bonds. The minimum atomic E-state index is -0.842. The van der Waals surface area contributed by atoms with E-state index < -0.39 is 23.4 Å². The highest BCUT2D eigenvalue weighted by Crippen LogP contribution is 2.40. The lowest BCUT2D eigenvalue weighted by atomic mass is 9.88. The molecular formula is C21H27N3O5S. The Kier molecular flexibility index (Phi) is 5.57. The molecule has 0 radical (unpaired) electrons. The maximum absolute atomic E-state index is 12.8. The van der Waals surface area contributed by atoms with E-state index in [-0.39, 0.29) is 19.1 Å². The van der Waals surface area contributed by atoms with Crippen molar-refractivity contribution in [1.82, 2.24) is 10.2 Å². The molecule has 1 saturated carbocycles. The van der Waals surface area contributed by atoms with E-state index in [2.05, 4.69) is 17.6 Å². The number of imide groups is 1. The molecule has 1 spiro atoms. The number of anilines is 1. The van der Waals surface area contributed by atoms with E-state index >= 15 is 0 Å². The van der Waals surface area contributed by atoms with E-state index in [4.69, 9.17) is 4.74 Å². The van der Waals surface area contributed by atoms with Crippen LogP contribution in [0.1, 0.15) is 66.8 Å². The van der Waals surface area contributed by atoms with Crippen molar-refractivity contribution in [3.8, 4) is 0 Å². The van der Waals surface area contributed by atoms with Gasteiger partial charge in [-0.05, 0) is 50.5 Å². The van der Waals surface area contributed by atoms with Crippen LogP contribution in [0.2, 0.25) is 0 Å². The van der Waals surface area contributed by atoms with E-state index in [1.807, 2.05) is 0 Å². The predicted molar refractivity (Wildman–Crippen MR) is 112 cm³/mol. The number of nitrogens with zero attached hydrogens (tertiary/aromatic N) is 1. The highest BCUT2D eigenvalue weighted by atomic mass is 32.1. The van der Waals surface area contributed by atoms with Crippen molar-refractivity contribution >= 4 is 40.2 Å². The van der Waals surface area contributed by atoms with Crippen molar-refractivity contribution in [2.24, 2.45) is 5.92 Å². The van der Waals surface area contributed by atoms with Crippen LogP contribution in [0.5, 0.6) is 0 Å². The molecule has 0 aromatic carbocycles. The normalized spacial score (nSPS) is 22.2. The third-order valence-corrected chi connectivity index (χ3v) is 7.42. The van der Waals surface area contributed by atoms with Gasteiger partial charge in [0.15, 0.2) is 0 Å². The third kappa shape index (κ3) is 3.59. The van der Waals surface area contributed by atoms with Crippen molar-refractivity contribution in [3.63, 3.8) is 0 Å². The van der Waals surface area contributed by atoms with Gasteiger partial charge in [-0.25, -0.2) is 9.59 Å². The van der Waals surface area contributed by atoms with Gasteiger partial charge in [-0.15, -0.1) is 11.3 Å². The first-order valence-corrected chi connectivity index (χ1v) is 11.4. The first-order valence-electron chi connectivity index (χ1n) is 10.6. The van der Waals surface area contributed by atoms with Crippen molar-refractivity contribution in [2.75, 3.05) is 18.5 Å². The number of hydrogen-bond acceptors (Lipinski definition) is 6. The van der Waals surface area contributed by atoms with Gasteiger partial charge in [0, 0.05) is 4.88 Å². The molecule has 1 saturated heterocycles. The fourth-order valence-corrected chi connectivity index (χ4v) is 6.12. The van der Waals surface area contributed by atoms with Crippen LogP contribution in [0.4, 0.5) is 9.80 Å². The summed E-state index contributed by atoms with van der Waals surface area (Å²) in [7, 11) is 0. The Morgan fingerprint density at radius 2 is 2.03 bits per heavy atom. The Balaban J connectivity index is 1.52. The number of ether oxygens (including phenoxy) is 1. The van der Waals surface area contributed by atoms with Crippen molar-refractivity contribution in [2.45, 2.75) is 64.3 Å². The van der Waals surface area contributed by atoms with Crippen molar-refractivity contribution < 1.29 is 23.9 Å². The average Bonchev–Trinajstić information content (AvgIpc) is 3.35. The van der Waals surface area contributed by atoms with Crippen LogP contribution in [0, 0.1) is 5.92 Å². The smallest absolute Gasteiger partial charge is 0.341 e. The van der Waals surface area contributed by atoms with Crippen LogP contribution >= 0.6 is 11.3 Å². The highest BCUT2D eigenvalue weighted by Gasteiger charge is 2.52. The van der Waals surface area contributed by atoms with Gasteiger partial charge in [0.1, 0.15) is 17.1 Å². The molecule has 9 heteroatoms. The summed E-state index contributed by atoms with van der Waals surface area (Å²) in [5.74, 6) is -0.751. The number of urea groups is 1. The molecule has 3 aliphatic rings. The van der Waals surface area contributed by atoms with E-state index in [0.29, 0.717) is 29.3 Å². The Morgan fingerprint density at radius 1 is 1.30 bits per heavy atom. The molecule has 2 aliphatic carbocycles. The monoisotopic (exact) mass is 433 g/mol. The SMILES string of the molecule is CCOC(=O)c1c(NC(=O)CN2C(=O)NC3(CCCC3)C2=O)sc2c1CC[C@@H](C)C2. The molecule has 30 heavy (non-hydrogen) atoms. The minimum absolute atomic E-state index is 0.248. The van der Waals surface area contributed by atoms with Crippen LogP contribution in [-0.2, 0) is 27.2 Å². The Hall–Kier alpha value is -2.42. The second-order valence-electron chi connectivity index (χ2n) is 8.44. The molecule has 2 fully saturated rings. The molecule has 4 rings (SSSR count). The summed E-state index contributed by atoms with van der Waals surface area (Å²) in [6.45, 7) is 3.79. The third-order valence-electron chi connectivity index (χ3n) is 6.25. The van der Waals surface area contributed by atoms with E-state index in [1.54, 1.807) is 6.92 Å². The van der Waals surface area contributed by atoms with Crippen LogP contribution in [0.3, 0.4) is 0 Å². The van der Waals surface area contributed by atoms with Gasteiger partial charge in [-0.3, -0.25) is 14.5 Å². The molecule has 2 heterocycles. The maximum Gasteiger partial charge on any atom is 0.341 e. The number of fused-ring (bicyclic) bond motifs is 1. The van der Waals surface area contributed by atoms with Gasteiger partial charge in [0.25, 0.3) is 5.91 Å². The number of rotatable bonds is 5. The Labute approximate surface area is 179 Å². The second-order valence-corrected chi connectivity index (χ2v) is 9.54. The lowest BCUT2D eigenvalue weighted by Crippen LogP contribution is -2.44. The van der Waals surface area contributed by atoms with E-state index in [0.717, 1.165) is 47.4 Å². The van der Waals surface area contributed by atoms with Crippen molar-refractivity contribution in [1.29, 1.82) is 0 Å². The number of carbonyl (C=O) groups excluding carboxylic acids is 4. The summed E-state index contributed by atoms with van der Waals surface area (Å²) in [5, 5.41) is 5.99. The van der Waals surface area contributed by atoms with E-state index in [1.165, 1.54) is 11.3 Å². The molecule has 1 aromatic heterocycles. The largest absolute Gasteiger partial charge is 0.462 e. The molecular weight excluding hydrogens is 406 g/mol. The van der Waals surface area contributed by atoms with Gasteiger partial charge in [0.05, 0.1) is 12.2 Å². The van der Waals surface area contributed by atoms with Gasteiger partial charge < -0.3 is 15.4 Å². The lowest BCUT2D eigenvalue weighted by molar-refractivity contribution is -0.133. The number of esters is 1. The van der Waals surface area contributed by atoms with Crippen LogP contribution in [0.25, 0.3) is 0 Å². The van der Waals surface area contributed by atoms with Gasteiger partial charge in [-0.1, -0.05) is 19.8 Å². The summed E-state index contributed by atoms with van der Waals surface area (Å²) in [4.78, 5) is 52.5. The van der Waals surface area contributed by atoms with E-state index in [9.17, 15) is 19.2 Å².